The van der Waals surface area contributed by atoms with Gasteiger partial charge >= 0.3 is 5.97 Å². The molecule has 3 atom stereocenters. The van der Waals surface area contributed by atoms with E-state index in [0.29, 0.717) is 22.0 Å². The maximum absolute atomic E-state index is 12.6. The summed E-state index contributed by atoms with van der Waals surface area (Å²) in [6.07, 6.45) is 4.50. The molecule has 0 aromatic heterocycles. The van der Waals surface area contributed by atoms with Crippen LogP contribution in [0.3, 0.4) is 0 Å². The number of halogens is 2. The van der Waals surface area contributed by atoms with E-state index in [2.05, 4.69) is 38.2 Å². The van der Waals surface area contributed by atoms with Gasteiger partial charge in [0.25, 0.3) is 5.91 Å². The first-order valence-corrected chi connectivity index (χ1v) is 11.0. The van der Waals surface area contributed by atoms with Crippen molar-refractivity contribution in [1.29, 1.82) is 0 Å². The van der Waals surface area contributed by atoms with Crippen molar-refractivity contribution in [2.24, 2.45) is 5.92 Å². The van der Waals surface area contributed by atoms with Crippen LogP contribution in [-0.2, 0) is 14.9 Å². The molecule has 31 heavy (non-hydrogen) atoms. The van der Waals surface area contributed by atoms with Crippen LogP contribution in [0.1, 0.15) is 54.6 Å². The molecule has 0 heterocycles. The van der Waals surface area contributed by atoms with Crippen molar-refractivity contribution in [2.45, 2.75) is 44.6 Å². The molecule has 0 radical (unpaired) electrons. The highest BCUT2D eigenvalue weighted by Gasteiger charge is 2.34. The number of allylic oxidation sites excluding steroid dienone is 1. The van der Waals surface area contributed by atoms with Gasteiger partial charge in [-0.1, -0.05) is 80.4 Å². The Bertz CT molecular complexity index is 973. The van der Waals surface area contributed by atoms with Gasteiger partial charge in [-0.05, 0) is 47.1 Å². The van der Waals surface area contributed by atoms with Crippen molar-refractivity contribution in [3.8, 4) is 0 Å². The average molecular weight is 460 g/mol. The van der Waals surface area contributed by atoms with E-state index in [1.54, 1.807) is 18.2 Å². The van der Waals surface area contributed by atoms with E-state index < -0.39 is 5.92 Å². The number of methoxy groups -OCH3 is 1. The Morgan fingerprint density at radius 2 is 1.65 bits per heavy atom. The molecule has 0 fully saturated rings. The average Bonchev–Trinajstić information content (AvgIpc) is 3.14. The molecule has 3 rings (SSSR count). The van der Waals surface area contributed by atoms with E-state index in [9.17, 15) is 9.59 Å². The fraction of sp³-hybridized carbons (Fsp3) is 0.360. The van der Waals surface area contributed by atoms with Crippen molar-refractivity contribution in [3.63, 3.8) is 0 Å². The number of nitrogens with one attached hydrogen (secondary N) is 1. The number of hydrogen-bond acceptors (Lipinski definition) is 3. The molecule has 164 valence electrons. The second-order valence-electron chi connectivity index (χ2n) is 8.90. The maximum atomic E-state index is 12.6. The maximum Gasteiger partial charge on any atom is 0.313 e. The Hall–Kier alpha value is -2.30. The monoisotopic (exact) mass is 459 g/mol. The lowest BCUT2D eigenvalue weighted by atomic mass is 9.82. The highest BCUT2D eigenvalue weighted by Crippen LogP contribution is 2.35. The van der Waals surface area contributed by atoms with Crippen LogP contribution in [-0.4, -0.2) is 25.0 Å². The van der Waals surface area contributed by atoms with Crippen molar-refractivity contribution < 1.29 is 14.3 Å². The molecule has 3 unspecified atom stereocenters. The minimum Gasteiger partial charge on any atom is -0.469 e. The third-order valence-corrected chi connectivity index (χ3v) is 6.01. The molecule has 1 aliphatic rings. The van der Waals surface area contributed by atoms with Gasteiger partial charge in [-0.15, -0.1) is 0 Å². The van der Waals surface area contributed by atoms with Crippen molar-refractivity contribution in [1.82, 2.24) is 5.32 Å². The first-order chi connectivity index (χ1) is 14.6. The van der Waals surface area contributed by atoms with Gasteiger partial charge < -0.3 is 10.1 Å². The highest BCUT2D eigenvalue weighted by molar-refractivity contribution is 6.35. The van der Waals surface area contributed by atoms with E-state index >= 15 is 0 Å². The highest BCUT2D eigenvalue weighted by atomic mass is 35.5. The Labute approximate surface area is 193 Å². The van der Waals surface area contributed by atoms with Crippen molar-refractivity contribution >= 4 is 35.1 Å². The summed E-state index contributed by atoms with van der Waals surface area (Å²) < 4.78 is 5.10. The summed E-state index contributed by atoms with van der Waals surface area (Å²) >= 11 is 12.0. The second kappa shape index (κ2) is 9.46. The third kappa shape index (κ3) is 5.69. The van der Waals surface area contributed by atoms with Gasteiger partial charge in [-0.25, -0.2) is 0 Å². The fourth-order valence-electron chi connectivity index (χ4n) is 3.89. The van der Waals surface area contributed by atoms with Gasteiger partial charge in [0.15, 0.2) is 0 Å². The van der Waals surface area contributed by atoms with Crippen LogP contribution in [0, 0.1) is 5.92 Å². The Morgan fingerprint density at radius 3 is 2.19 bits per heavy atom. The molecular formula is C25H27Cl2NO3. The second-order valence-corrected chi connectivity index (χ2v) is 9.77. The van der Waals surface area contributed by atoms with Crippen LogP contribution in [0.2, 0.25) is 10.0 Å². The van der Waals surface area contributed by atoms with Crippen LogP contribution in [0.15, 0.2) is 54.6 Å². The summed E-state index contributed by atoms with van der Waals surface area (Å²) in [6, 6.07) is 12.7. The molecule has 0 aliphatic heterocycles. The molecule has 0 saturated carbocycles. The third-order valence-electron chi connectivity index (χ3n) is 5.58. The van der Waals surface area contributed by atoms with E-state index in [1.165, 1.54) is 12.7 Å². The smallest absolute Gasteiger partial charge is 0.313 e. The van der Waals surface area contributed by atoms with E-state index in [4.69, 9.17) is 27.9 Å². The minimum absolute atomic E-state index is 0.0329. The summed E-state index contributed by atoms with van der Waals surface area (Å²) in [7, 11) is 1.40. The molecule has 4 nitrogen and oxygen atoms in total. The van der Waals surface area contributed by atoms with E-state index in [-0.39, 0.29) is 29.3 Å². The summed E-state index contributed by atoms with van der Waals surface area (Å²) in [6.45, 7) is 6.46. The summed E-state index contributed by atoms with van der Waals surface area (Å²) in [5.74, 6) is -1.06. The first kappa shape index (κ1) is 23.4. The zero-order valence-corrected chi connectivity index (χ0v) is 19.6. The topological polar surface area (TPSA) is 55.4 Å². The van der Waals surface area contributed by atoms with Gasteiger partial charge in [0.1, 0.15) is 0 Å². The standard InChI is InChI=1S/C25H27Cl2NO3/c1-25(2,3)18-8-5-15(6-9-18)22(24(30)31-4)16-7-10-21(13-16)28-23(29)17-11-19(26)14-20(27)12-17/h5-12,14,16,21-22H,13H2,1-4H3,(H,28,29). The molecule has 1 amide bonds. The molecule has 0 saturated heterocycles. The van der Waals surface area contributed by atoms with Gasteiger partial charge in [0.2, 0.25) is 0 Å². The largest absolute Gasteiger partial charge is 0.469 e. The van der Waals surface area contributed by atoms with Gasteiger partial charge in [-0.2, -0.15) is 0 Å². The number of hydrogen-bond donors (Lipinski definition) is 1. The van der Waals surface area contributed by atoms with Crippen LogP contribution in [0.5, 0.6) is 0 Å². The number of carbonyl (C=O) groups excluding carboxylic acids is 2. The SMILES string of the molecule is COC(=O)C(c1ccc(C(C)(C)C)cc1)C1C=CC(NC(=O)c2cc(Cl)cc(Cl)c2)C1. The molecule has 2 aromatic carbocycles. The summed E-state index contributed by atoms with van der Waals surface area (Å²) in [5, 5.41) is 3.79. The van der Waals surface area contributed by atoms with E-state index in [1.807, 2.05) is 24.3 Å². The predicted octanol–water partition coefficient (Wildman–Crippen LogP) is 5.92. The zero-order valence-electron chi connectivity index (χ0n) is 18.1. The zero-order chi connectivity index (χ0) is 22.8. The number of esters is 1. The molecule has 1 N–H and O–H groups in total. The van der Waals surface area contributed by atoms with Crippen LogP contribution < -0.4 is 5.32 Å². The van der Waals surface area contributed by atoms with Crippen LogP contribution in [0.25, 0.3) is 0 Å². The molecule has 1 aliphatic carbocycles. The lowest BCUT2D eigenvalue weighted by molar-refractivity contribution is -0.143. The number of amides is 1. The number of ether oxygens (including phenoxy) is 1. The van der Waals surface area contributed by atoms with Gasteiger partial charge in [0.05, 0.1) is 13.0 Å². The molecular weight excluding hydrogens is 433 g/mol. The summed E-state index contributed by atoms with van der Waals surface area (Å²) in [5.41, 5.74) is 2.54. The van der Waals surface area contributed by atoms with Gasteiger partial charge in [-0.3, -0.25) is 9.59 Å². The summed E-state index contributed by atoms with van der Waals surface area (Å²) in [4.78, 5) is 25.3. The van der Waals surface area contributed by atoms with E-state index in [0.717, 1.165) is 5.56 Å². The molecule has 2 aromatic rings. The van der Waals surface area contributed by atoms with Crippen LogP contribution >= 0.6 is 23.2 Å². The number of carbonyl (C=O) groups is 2. The molecule has 0 bridgehead atoms. The lowest BCUT2D eigenvalue weighted by Crippen LogP contribution is -2.33. The Kier molecular flexibility index (Phi) is 7.13. The Balaban J connectivity index is 1.74. The van der Waals surface area contributed by atoms with Gasteiger partial charge in [0, 0.05) is 21.7 Å². The quantitative estimate of drug-likeness (QED) is 0.445. The Morgan fingerprint density at radius 1 is 1.03 bits per heavy atom. The lowest BCUT2D eigenvalue weighted by Gasteiger charge is -2.24. The number of benzene rings is 2. The normalized spacial score (nSPS) is 19.2. The predicted molar refractivity (Wildman–Crippen MR) is 125 cm³/mol. The first-order valence-electron chi connectivity index (χ1n) is 10.2. The molecule has 6 heteroatoms. The molecule has 0 spiro atoms. The minimum atomic E-state index is -0.433. The van der Waals surface area contributed by atoms with Crippen molar-refractivity contribution in [3.05, 3.63) is 81.4 Å². The van der Waals surface area contributed by atoms with Crippen molar-refractivity contribution in [2.75, 3.05) is 7.11 Å². The fourth-order valence-corrected chi connectivity index (χ4v) is 4.42. The van der Waals surface area contributed by atoms with Crippen LogP contribution in [0.4, 0.5) is 0 Å². The number of rotatable bonds is 5.